The van der Waals surface area contributed by atoms with E-state index in [2.05, 4.69) is 6.92 Å². The first-order valence-corrected chi connectivity index (χ1v) is 5.02. The summed E-state index contributed by atoms with van der Waals surface area (Å²) in [5.74, 6) is 0.169. The summed E-state index contributed by atoms with van der Waals surface area (Å²) in [7, 11) is 1.96. The zero-order valence-corrected chi connectivity index (χ0v) is 8.66. The molecule has 0 aromatic rings. The molecule has 0 bridgehead atoms. The van der Waals surface area contributed by atoms with Crippen molar-refractivity contribution in [1.29, 1.82) is 0 Å². The summed E-state index contributed by atoms with van der Waals surface area (Å²) in [6, 6.07) is 0.0482. The maximum atomic E-state index is 9.92. The second kappa shape index (κ2) is 3.99. The lowest BCUT2D eigenvalue weighted by Gasteiger charge is -2.26. The summed E-state index contributed by atoms with van der Waals surface area (Å²) in [5.41, 5.74) is -0.751. The summed E-state index contributed by atoms with van der Waals surface area (Å²) in [6.45, 7) is 3.75. The van der Waals surface area contributed by atoms with E-state index in [0.29, 0.717) is 0 Å². The number of rotatable bonds is 3. The van der Waals surface area contributed by atoms with Crippen LogP contribution < -0.4 is 0 Å². The Morgan fingerprint density at radius 1 is 1.54 bits per heavy atom. The van der Waals surface area contributed by atoms with Gasteiger partial charge in [0.05, 0.1) is 12.7 Å². The van der Waals surface area contributed by atoms with Crippen molar-refractivity contribution in [2.45, 2.75) is 44.4 Å². The molecule has 1 heterocycles. The number of hydrogen-bond acceptors (Lipinski definition) is 3. The van der Waals surface area contributed by atoms with E-state index in [4.69, 9.17) is 9.84 Å². The molecule has 76 valence electrons. The van der Waals surface area contributed by atoms with Crippen molar-refractivity contribution in [3.63, 3.8) is 0 Å². The van der Waals surface area contributed by atoms with Crippen LogP contribution in [0.3, 0.4) is 0 Å². The molecule has 0 unspecified atom stereocenters. The smallest absolute Gasteiger partial charge is 0.139 e. The van der Waals surface area contributed by atoms with Crippen LogP contribution in [0, 0.1) is 5.92 Å². The van der Waals surface area contributed by atoms with Gasteiger partial charge in [-0.3, -0.25) is 0 Å². The molecular formula is C9H19BO3. The van der Waals surface area contributed by atoms with Crippen molar-refractivity contribution in [2.24, 2.45) is 5.92 Å². The second-order valence-electron chi connectivity index (χ2n) is 4.19. The molecule has 3 nitrogen and oxygen atoms in total. The highest BCUT2D eigenvalue weighted by atomic mass is 16.5. The normalized spacial score (nSPS) is 45.4. The lowest BCUT2D eigenvalue weighted by Crippen LogP contribution is -2.41. The minimum atomic E-state index is -0.751. The van der Waals surface area contributed by atoms with E-state index in [-0.39, 0.29) is 18.5 Å². The van der Waals surface area contributed by atoms with Crippen molar-refractivity contribution in [3.05, 3.63) is 0 Å². The maximum Gasteiger partial charge on any atom is 0.139 e. The Bertz CT molecular complexity index is 176. The highest BCUT2D eigenvalue weighted by Gasteiger charge is 2.48. The van der Waals surface area contributed by atoms with Gasteiger partial charge in [0.2, 0.25) is 0 Å². The third-order valence-electron chi connectivity index (χ3n) is 3.03. The van der Waals surface area contributed by atoms with E-state index in [1.807, 2.05) is 7.85 Å². The number of ether oxygens (including phenoxy) is 1. The van der Waals surface area contributed by atoms with Gasteiger partial charge in [0, 0.05) is 11.9 Å². The molecule has 4 heteroatoms. The Hall–Kier alpha value is -0.0551. The van der Waals surface area contributed by atoms with E-state index in [1.165, 1.54) is 0 Å². The maximum absolute atomic E-state index is 9.92. The standard InChI is InChI=1S/C9H19BO3/c1-3-4-6-7(12)9(2,5-11)13-8(6)10/h6-8,11-12H,3-5,10H2,1-2H3/t6-,7+,8-,9-/m1/s1. The first kappa shape index (κ1) is 11.0. The average Bonchev–Trinajstić information content (AvgIpc) is 2.31. The molecule has 0 radical (unpaired) electrons. The molecule has 0 aliphatic carbocycles. The van der Waals surface area contributed by atoms with Crippen LogP contribution in [0.25, 0.3) is 0 Å². The SMILES string of the molecule is B[C@@H]1O[C@](C)(CO)[C@@H](O)[C@H]1CCC. The summed E-state index contributed by atoms with van der Waals surface area (Å²) >= 11 is 0. The topological polar surface area (TPSA) is 49.7 Å². The van der Waals surface area contributed by atoms with Gasteiger partial charge in [0.15, 0.2) is 0 Å². The second-order valence-corrected chi connectivity index (χ2v) is 4.19. The summed E-state index contributed by atoms with van der Waals surface area (Å²) < 4.78 is 5.58. The molecule has 1 aliphatic rings. The van der Waals surface area contributed by atoms with Crippen LogP contribution in [0.5, 0.6) is 0 Å². The van der Waals surface area contributed by atoms with E-state index < -0.39 is 11.7 Å². The molecule has 0 aromatic carbocycles. The summed E-state index contributed by atoms with van der Waals surface area (Å²) in [6.07, 6.45) is 1.46. The summed E-state index contributed by atoms with van der Waals surface area (Å²) in [4.78, 5) is 0. The Morgan fingerprint density at radius 3 is 2.54 bits per heavy atom. The fourth-order valence-electron chi connectivity index (χ4n) is 2.15. The minimum absolute atomic E-state index is 0.0482. The largest absolute Gasteiger partial charge is 0.393 e. The average molecular weight is 186 g/mol. The van der Waals surface area contributed by atoms with Gasteiger partial charge in [-0.15, -0.1) is 0 Å². The van der Waals surface area contributed by atoms with Crippen LogP contribution in [-0.4, -0.2) is 42.4 Å². The van der Waals surface area contributed by atoms with E-state index in [9.17, 15) is 5.11 Å². The summed E-state index contributed by atoms with van der Waals surface area (Å²) in [5, 5.41) is 19.0. The van der Waals surface area contributed by atoms with Crippen LogP contribution in [0.1, 0.15) is 26.7 Å². The monoisotopic (exact) mass is 186 g/mol. The molecule has 4 atom stereocenters. The Kier molecular flexibility index (Phi) is 3.38. The number of aliphatic hydroxyl groups excluding tert-OH is 2. The van der Waals surface area contributed by atoms with Gasteiger partial charge in [-0.2, -0.15) is 0 Å². The fourth-order valence-corrected chi connectivity index (χ4v) is 2.15. The van der Waals surface area contributed by atoms with Gasteiger partial charge < -0.3 is 14.9 Å². The zero-order valence-electron chi connectivity index (χ0n) is 8.66. The Labute approximate surface area is 80.5 Å². The molecule has 0 saturated carbocycles. The lowest BCUT2D eigenvalue weighted by atomic mass is 9.80. The predicted octanol–water partition coefficient (Wildman–Crippen LogP) is -0.496. The van der Waals surface area contributed by atoms with Gasteiger partial charge >= 0.3 is 0 Å². The molecule has 1 aliphatic heterocycles. The van der Waals surface area contributed by atoms with Crippen LogP contribution in [0.2, 0.25) is 0 Å². The molecule has 0 spiro atoms. The van der Waals surface area contributed by atoms with Crippen LogP contribution in [0.4, 0.5) is 0 Å². The van der Waals surface area contributed by atoms with Crippen molar-refractivity contribution in [1.82, 2.24) is 0 Å². The highest BCUT2D eigenvalue weighted by molar-refractivity contribution is 6.11. The van der Waals surface area contributed by atoms with Gasteiger partial charge in [0.1, 0.15) is 13.4 Å². The van der Waals surface area contributed by atoms with Gasteiger partial charge in [-0.25, -0.2) is 0 Å². The molecule has 0 aromatic heterocycles. The molecule has 13 heavy (non-hydrogen) atoms. The molecule has 1 fully saturated rings. The molecule has 1 saturated heterocycles. The van der Waals surface area contributed by atoms with Crippen molar-refractivity contribution >= 4 is 7.85 Å². The Morgan fingerprint density at radius 2 is 2.15 bits per heavy atom. The van der Waals surface area contributed by atoms with Crippen molar-refractivity contribution in [2.75, 3.05) is 6.61 Å². The first-order chi connectivity index (χ1) is 6.05. The van der Waals surface area contributed by atoms with Crippen LogP contribution in [0.15, 0.2) is 0 Å². The predicted molar refractivity (Wildman–Crippen MR) is 53.3 cm³/mol. The number of hydrogen-bond donors (Lipinski definition) is 2. The third-order valence-corrected chi connectivity index (χ3v) is 3.03. The molecule has 0 amide bonds. The van der Waals surface area contributed by atoms with Crippen molar-refractivity contribution in [3.8, 4) is 0 Å². The van der Waals surface area contributed by atoms with E-state index >= 15 is 0 Å². The number of aliphatic hydroxyl groups is 2. The van der Waals surface area contributed by atoms with Gasteiger partial charge in [-0.1, -0.05) is 13.3 Å². The van der Waals surface area contributed by atoms with E-state index in [0.717, 1.165) is 12.8 Å². The van der Waals surface area contributed by atoms with Crippen molar-refractivity contribution < 1.29 is 14.9 Å². The minimum Gasteiger partial charge on any atom is -0.393 e. The van der Waals surface area contributed by atoms with E-state index in [1.54, 1.807) is 6.92 Å². The fraction of sp³-hybridized carbons (Fsp3) is 1.00. The van der Waals surface area contributed by atoms with Gasteiger partial charge in [-0.05, 0) is 13.3 Å². The van der Waals surface area contributed by atoms with Crippen LogP contribution in [-0.2, 0) is 4.74 Å². The molecular weight excluding hydrogens is 167 g/mol. The first-order valence-electron chi connectivity index (χ1n) is 5.02. The Balaban J connectivity index is 2.68. The highest BCUT2D eigenvalue weighted by Crippen LogP contribution is 2.36. The lowest BCUT2D eigenvalue weighted by molar-refractivity contribution is -0.0850. The van der Waals surface area contributed by atoms with Gasteiger partial charge in [0.25, 0.3) is 0 Å². The third kappa shape index (κ3) is 1.90. The quantitative estimate of drug-likeness (QED) is 0.584. The zero-order chi connectivity index (χ0) is 10.1. The molecule has 1 rings (SSSR count). The molecule has 2 N–H and O–H groups in total. The van der Waals surface area contributed by atoms with Crippen LogP contribution >= 0.6 is 0 Å².